The zero-order chi connectivity index (χ0) is 20.8. The number of esters is 1. The van der Waals surface area contributed by atoms with E-state index in [0.717, 1.165) is 11.0 Å². The van der Waals surface area contributed by atoms with E-state index in [4.69, 9.17) is 14.2 Å². The largest absolute Gasteiger partial charge is 0.490 e. The van der Waals surface area contributed by atoms with Crippen LogP contribution in [0.3, 0.4) is 0 Å². The van der Waals surface area contributed by atoms with E-state index < -0.39 is 47.9 Å². The maximum absolute atomic E-state index is 13.6. The van der Waals surface area contributed by atoms with Crippen LogP contribution in [0.5, 0.6) is 5.75 Å². The van der Waals surface area contributed by atoms with Crippen molar-refractivity contribution in [1.29, 1.82) is 0 Å². The fourth-order valence-electron chi connectivity index (χ4n) is 2.78. The molecule has 1 saturated heterocycles. The molecule has 2 rings (SSSR count). The molecule has 0 aliphatic carbocycles. The Labute approximate surface area is 160 Å². The zero-order valence-corrected chi connectivity index (χ0v) is 15.4. The van der Waals surface area contributed by atoms with Gasteiger partial charge in [0.05, 0.1) is 6.61 Å². The maximum atomic E-state index is 13.6. The second-order valence-corrected chi connectivity index (χ2v) is 6.27. The van der Waals surface area contributed by atoms with Gasteiger partial charge in [-0.1, -0.05) is 13.0 Å². The molecule has 1 N–H and O–H groups in total. The van der Waals surface area contributed by atoms with E-state index in [0.29, 0.717) is 0 Å². The molecule has 1 aromatic rings. The van der Waals surface area contributed by atoms with Crippen LogP contribution in [0.25, 0.3) is 0 Å². The number of rotatable bonds is 7. The molecule has 0 radical (unpaired) electrons. The molecular weight excluding hydrogens is 380 g/mol. The first-order valence-electron chi connectivity index (χ1n) is 8.69. The fourth-order valence-corrected chi connectivity index (χ4v) is 2.78. The minimum Gasteiger partial charge on any atom is -0.490 e. The first-order valence-corrected chi connectivity index (χ1v) is 8.69. The summed E-state index contributed by atoms with van der Waals surface area (Å²) in [5.74, 6) is -4.75. The molecule has 0 aromatic heterocycles. The highest BCUT2D eigenvalue weighted by molar-refractivity contribution is 5.81. The lowest BCUT2D eigenvalue weighted by atomic mass is 10.1. The lowest BCUT2D eigenvalue weighted by Crippen LogP contribution is -2.42. The molecule has 1 aliphatic heterocycles. The Hall–Kier alpha value is -2.91. The van der Waals surface area contributed by atoms with E-state index in [1.165, 1.54) is 19.1 Å². The molecule has 1 heterocycles. The van der Waals surface area contributed by atoms with Crippen molar-refractivity contribution in [3.63, 3.8) is 0 Å². The van der Waals surface area contributed by atoms with Gasteiger partial charge < -0.3 is 19.3 Å². The van der Waals surface area contributed by atoms with Gasteiger partial charge in [-0.05, 0) is 18.6 Å². The highest BCUT2D eigenvalue weighted by Crippen LogP contribution is 2.27. The van der Waals surface area contributed by atoms with Crippen molar-refractivity contribution in [2.45, 2.75) is 39.0 Å². The molecule has 1 amide bonds. The number of carbonyl (C=O) groups is 3. The normalized spacial score (nSPS) is 19.8. The van der Waals surface area contributed by atoms with Crippen LogP contribution in [0.15, 0.2) is 18.2 Å². The van der Waals surface area contributed by atoms with Gasteiger partial charge in [0.25, 0.3) is 0 Å². The molecule has 0 saturated carbocycles. The number of likely N-dealkylation sites (tertiary alicyclic amines) is 1. The van der Waals surface area contributed by atoms with Crippen molar-refractivity contribution in [3.8, 4) is 5.75 Å². The molecule has 1 fully saturated rings. The summed E-state index contributed by atoms with van der Waals surface area (Å²) in [6, 6.07) is 2.30. The number of aliphatic carboxylic acids is 1. The Balaban J connectivity index is 1.97. The molecule has 3 atom stereocenters. The summed E-state index contributed by atoms with van der Waals surface area (Å²) in [7, 11) is 0. The van der Waals surface area contributed by atoms with E-state index in [-0.39, 0.29) is 31.7 Å². The van der Waals surface area contributed by atoms with Crippen LogP contribution in [0, 0.1) is 17.6 Å². The van der Waals surface area contributed by atoms with Crippen molar-refractivity contribution in [2.24, 2.45) is 5.92 Å². The van der Waals surface area contributed by atoms with E-state index in [1.807, 2.05) is 0 Å². The van der Waals surface area contributed by atoms with Crippen LogP contribution < -0.4 is 4.74 Å². The van der Waals surface area contributed by atoms with E-state index in [9.17, 15) is 28.3 Å². The lowest BCUT2D eigenvalue weighted by molar-refractivity contribution is -0.166. The van der Waals surface area contributed by atoms with E-state index in [2.05, 4.69) is 0 Å². The Morgan fingerprint density at radius 1 is 1.29 bits per heavy atom. The SMILES string of the molecule is CCC(=O)O[C@@H](C)OC(=O)N1C[C@@H](COc2cccc(F)c2F)C[C@H]1C(=O)O. The minimum absolute atomic E-state index is 0.0266. The first-order chi connectivity index (χ1) is 13.2. The summed E-state index contributed by atoms with van der Waals surface area (Å²) in [5.41, 5.74) is 0. The Bertz CT molecular complexity index is 743. The third-order valence-corrected chi connectivity index (χ3v) is 4.15. The molecule has 1 aromatic carbocycles. The van der Waals surface area contributed by atoms with E-state index in [1.54, 1.807) is 6.92 Å². The topological polar surface area (TPSA) is 102 Å². The number of nitrogens with zero attached hydrogens (tertiary/aromatic N) is 1. The molecule has 0 bridgehead atoms. The average molecular weight is 401 g/mol. The maximum Gasteiger partial charge on any atom is 0.413 e. The molecule has 1 aliphatic rings. The van der Waals surface area contributed by atoms with Gasteiger partial charge in [0.1, 0.15) is 6.04 Å². The zero-order valence-electron chi connectivity index (χ0n) is 15.4. The van der Waals surface area contributed by atoms with Crippen LogP contribution in [0.4, 0.5) is 13.6 Å². The second kappa shape index (κ2) is 9.34. The van der Waals surface area contributed by atoms with Gasteiger partial charge >= 0.3 is 18.0 Å². The number of amides is 1. The number of carboxylic acids is 1. The summed E-state index contributed by atoms with van der Waals surface area (Å²) in [5, 5.41) is 9.35. The van der Waals surface area contributed by atoms with Crippen molar-refractivity contribution in [3.05, 3.63) is 29.8 Å². The number of carbonyl (C=O) groups excluding carboxylic acids is 2. The van der Waals surface area contributed by atoms with Crippen molar-refractivity contribution < 1.29 is 42.5 Å². The number of ether oxygens (including phenoxy) is 3. The Kier molecular flexibility index (Phi) is 7.13. The molecule has 28 heavy (non-hydrogen) atoms. The van der Waals surface area contributed by atoms with Gasteiger partial charge in [-0.2, -0.15) is 4.39 Å². The number of halogens is 2. The summed E-state index contributed by atoms with van der Waals surface area (Å²) in [4.78, 5) is 35.9. The Morgan fingerprint density at radius 3 is 2.64 bits per heavy atom. The molecule has 8 nitrogen and oxygen atoms in total. The molecule has 0 spiro atoms. The first kappa shape index (κ1) is 21.4. The van der Waals surface area contributed by atoms with Crippen LogP contribution >= 0.6 is 0 Å². The number of hydrogen-bond acceptors (Lipinski definition) is 6. The van der Waals surface area contributed by atoms with Crippen LogP contribution in [-0.4, -0.2) is 53.5 Å². The van der Waals surface area contributed by atoms with Gasteiger partial charge in [0.2, 0.25) is 12.1 Å². The number of hydrogen-bond donors (Lipinski definition) is 1. The summed E-state index contributed by atoms with van der Waals surface area (Å²) in [6.45, 7) is 2.77. The smallest absolute Gasteiger partial charge is 0.413 e. The monoisotopic (exact) mass is 401 g/mol. The molecular formula is C18H21F2NO7. The minimum atomic E-state index is -1.24. The third-order valence-electron chi connectivity index (χ3n) is 4.15. The van der Waals surface area contributed by atoms with Gasteiger partial charge in [0, 0.05) is 25.8 Å². The molecule has 0 unspecified atom stereocenters. The number of benzene rings is 1. The highest BCUT2D eigenvalue weighted by atomic mass is 19.2. The van der Waals surface area contributed by atoms with Gasteiger partial charge in [-0.3, -0.25) is 9.69 Å². The van der Waals surface area contributed by atoms with E-state index >= 15 is 0 Å². The van der Waals surface area contributed by atoms with Crippen LogP contribution in [0.2, 0.25) is 0 Å². The molecule has 154 valence electrons. The summed E-state index contributed by atoms with van der Waals surface area (Å²) < 4.78 is 41.9. The third kappa shape index (κ3) is 5.30. The number of carboxylic acid groups (broad SMARTS) is 1. The highest BCUT2D eigenvalue weighted by Gasteiger charge is 2.41. The fraction of sp³-hybridized carbons (Fsp3) is 0.500. The average Bonchev–Trinajstić information content (AvgIpc) is 3.07. The second-order valence-electron chi connectivity index (χ2n) is 6.27. The Morgan fingerprint density at radius 2 is 2.00 bits per heavy atom. The van der Waals surface area contributed by atoms with Crippen molar-refractivity contribution in [2.75, 3.05) is 13.2 Å². The standard InChI is InChI=1S/C18H21F2NO7/c1-3-15(22)27-10(2)28-18(25)21-8-11(7-13(21)17(23)24)9-26-14-6-4-5-12(19)16(14)20/h4-6,10-11,13H,3,7-9H2,1-2H3,(H,23,24)/t10-,11+,13+/m1/s1. The predicted molar refractivity (Wildman–Crippen MR) is 90.4 cm³/mol. The van der Waals surface area contributed by atoms with Crippen LogP contribution in [-0.2, 0) is 19.1 Å². The summed E-state index contributed by atoms with van der Waals surface area (Å²) >= 11 is 0. The lowest BCUT2D eigenvalue weighted by Gasteiger charge is -2.23. The van der Waals surface area contributed by atoms with Gasteiger partial charge in [-0.15, -0.1) is 0 Å². The predicted octanol–water partition coefficient (Wildman–Crippen LogP) is 2.55. The molecule has 10 heteroatoms. The summed E-state index contributed by atoms with van der Waals surface area (Å²) in [6.07, 6.45) is -1.99. The van der Waals surface area contributed by atoms with Crippen molar-refractivity contribution >= 4 is 18.0 Å². The van der Waals surface area contributed by atoms with Gasteiger partial charge in [-0.25, -0.2) is 14.0 Å². The van der Waals surface area contributed by atoms with Gasteiger partial charge in [0.15, 0.2) is 11.6 Å². The van der Waals surface area contributed by atoms with Crippen molar-refractivity contribution in [1.82, 2.24) is 4.90 Å². The van der Waals surface area contributed by atoms with Crippen LogP contribution in [0.1, 0.15) is 26.7 Å². The quantitative estimate of drug-likeness (QED) is 0.553.